The van der Waals surface area contributed by atoms with Gasteiger partial charge >= 0.3 is 5.97 Å². The molecular weight excluding hydrogens is 480 g/mol. The Morgan fingerprint density at radius 3 is 2.55 bits per heavy atom. The van der Waals surface area contributed by atoms with Crippen molar-refractivity contribution < 1.29 is 14.6 Å². The highest BCUT2D eigenvalue weighted by molar-refractivity contribution is 9.10. The lowest BCUT2D eigenvalue weighted by Crippen LogP contribution is -2.39. The van der Waals surface area contributed by atoms with Gasteiger partial charge in [-0.15, -0.1) is 0 Å². The van der Waals surface area contributed by atoms with Gasteiger partial charge in [-0.1, -0.05) is 51.5 Å². The van der Waals surface area contributed by atoms with Crippen LogP contribution in [0.5, 0.6) is 5.75 Å². The SMILES string of the molecule is CCOC(=O)C1=C(C)N=c2s/c(=C/c3ccc(O)cc3)c(=O)n2[C@H]1c1ccc(Br)cc1. The summed E-state index contributed by atoms with van der Waals surface area (Å²) in [6, 6.07) is 13.5. The molecule has 0 aliphatic carbocycles. The van der Waals surface area contributed by atoms with E-state index in [4.69, 9.17) is 4.74 Å². The van der Waals surface area contributed by atoms with Crippen molar-refractivity contribution in [2.24, 2.45) is 4.99 Å². The number of ether oxygens (including phenoxy) is 1. The summed E-state index contributed by atoms with van der Waals surface area (Å²) in [4.78, 5) is 31.3. The second-order valence-corrected chi connectivity index (χ2v) is 8.87. The monoisotopic (exact) mass is 498 g/mol. The van der Waals surface area contributed by atoms with Gasteiger partial charge in [-0.2, -0.15) is 0 Å². The zero-order valence-electron chi connectivity index (χ0n) is 16.8. The molecule has 0 saturated heterocycles. The van der Waals surface area contributed by atoms with Gasteiger partial charge < -0.3 is 9.84 Å². The molecule has 8 heteroatoms. The lowest BCUT2D eigenvalue weighted by Gasteiger charge is -2.24. The molecular formula is C23H19BrN2O4S. The molecule has 31 heavy (non-hydrogen) atoms. The average Bonchev–Trinajstić information content (AvgIpc) is 3.04. The van der Waals surface area contributed by atoms with Crippen LogP contribution >= 0.6 is 27.3 Å². The van der Waals surface area contributed by atoms with Crippen LogP contribution in [0.15, 0.2) is 74.1 Å². The molecule has 158 valence electrons. The third-order valence-corrected chi connectivity index (χ3v) is 6.41. The summed E-state index contributed by atoms with van der Waals surface area (Å²) in [6.07, 6.45) is 1.76. The molecule has 1 aliphatic heterocycles. The first-order chi connectivity index (χ1) is 14.9. The highest BCUT2D eigenvalue weighted by Crippen LogP contribution is 2.31. The maximum Gasteiger partial charge on any atom is 0.338 e. The number of aromatic nitrogens is 1. The minimum absolute atomic E-state index is 0.156. The molecule has 6 nitrogen and oxygen atoms in total. The summed E-state index contributed by atoms with van der Waals surface area (Å²) in [5.74, 6) is -0.326. The minimum atomic E-state index is -0.634. The molecule has 1 aromatic heterocycles. The number of benzene rings is 2. The molecule has 2 heterocycles. The van der Waals surface area contributed by atoms with E-state index in [1.54, 1.807) is 48.8 Å². The van der Waals surface area contributed by atoms with Crippen molar-refractivity contribution in [1.82, 2.24) is 4.57 Å². The predicted octanol–water partition coefficient (Wildman–Crippen LogP) is 3.27. The minimum Gasteiger partial charge on any atom is -0.508 e. The Hall–Kier alpha value is -2.97. The van der Waals surface area contributed by atoms with E-state index < -0.39 is 12.0 Å². The van der Waals surface area contributed by atoms with E-state index in [-0.39, 0.29) is 17.9 Å². The molecule has 0 bridgehead atoms. The molecule has 1 atom stereocenters. The number of allylic oxidation sites excluding steroid dienone is 1. The number of hydrogen-bond donors (Lipinski definition) is 1. The fourth-order valence-electron chi connectivity index (χ4n) is 3.47. The summed E-state index contributed by atoms with van der Waals surface area (Å²) in [5, 5.41) is 9.50. The van der Waals surface area contributed by atoms with Crippen molar-refractivity contribution in [2.45, 2.75) is 19.9 Å². The lowest BCUT2D eigenvalue weighted by molar-refractivity contribution is -0.139. The normalized spacial score (nSPS) is 16.1. The first-order valence-corrected chi connectivity index (χ1v) is 11.2. The van der Waals surface area contributed by atoms with E-state index in [1.807, 2.05) is 24.3 Å². The van der Waals surface area contributed by atoms with Crippen LogP contribution in [0.4, 0.5) is 0 Å². The molecule has 0 amide bonds. The molecule has 0 spiro atoms. The fourth-order valence-corrected chi connectivity index (χ4v) is 4.78. The molecule has 0 fully saturated rings. The highest BCUT2D eigenvalue weighted by Gasteiger charge is 2.33. The number of thiazole rings is 1. The van der Waals surface area contributed by atoms with Gasteiger partial charge in [0.15, 0.2) is 4.80 Å². The first kappa shape index (κ1) is 21.3. The van der Waals surface area contributed by atoms with E-state index >= 15 is 0 Å². The van der Waals surface area contributed by atoms with Crippen LogP contribution in [0, 0.1) is 0 Å². The largest absolute Gasteiger partial charge is 0.508 e. The van der Waals surface area contributed by atoms with Crippen LogP contribution in [0.1, 0.15) is 31.0 Å². The molecule has 2 aromatic carbocycles. The molecule has 4 rings (SSSR count). The maximum absolute atomic E-state index is 13.4. The Morgan fingerprint density at radius 1 is 1.23 bits per heavy atom. The molecule has 0 unspecified atom stereocenters. The van der Waals surface area contributed by atoms with Crippen LogP contribution in [0.2, 0.25) is 0 Å². The number of fused-ring (bicyclic) bond motifs is 1. The van der Waals surface area contributed by atoms with Crippen LogP contribution < -0.4 is 14.9 Å². The Bertz CT molecular complexity index is 1350. The summed E-state index contributed by atoms with van der Waals surface area (Å²) < 4.78 is 8.23. The molecule has 0 saturated carbocycles. The summed E-state index contributed by atoms with van der Waals surface area (Å²) in [6.45, 7) is 3.73. The Kier molecular flexibility index (Phi) is 5.93. The second kappa shape index (κ2) is 8.64. The highest BCUT2D eigenvalue weighted by atomic mass is 79.9. The zero-order chi connectivity index (χ0) is 22.1. The van der Waals surface area contributed by atoms with E-state index in [9.17, 15) is 14.7 Å². The summed E-state index contributed by atoms with van der Waals surface area (Å²) in [5.41, 5.74) is 2.22. The number of hydrogen-bond acceptors (Lipinski definition) is 6. The van der Waals surface area contributed by atoms with Gasteiger partial charge in [-0.05, 0) is 55.3 Å². The predicted molar refractivity (Wildman–Crippen MR) is 123 cm³/mol. The quantitative estimate of drug-likeness (QED) is 0.559. The van der Waals surface area contributed by atoms with Crippen molar-refractivity contribution in [3.05, 3.63) is 95.1 Å². The lowest BCUT2D eigenvalue weighted by atomic mass is 9.96. The van der Waals surface area contributed by atoms with Gasteiger partial charge in [-0.3, -0.25) is 9.36 Å². The van der Waals surface area contributed by atoms with Gasteiger partial charge in [-0.25, -0.2) is 9.79 Å². The Morgan fingerprint density at radius 2 is 1.90 bits per heavy atom. The number of carbonyl (C=O) groups excluding carboxylic acids is 1. The topological polar surface area (TPSA) is 80.9 Å². The molecule has 3 aromatic rings. The fraction of sp³-hybridized carbons (Fsp3) is 0.174. The maximum atomic E-state index is 13.4. The molecule has 0 radical (unpaired) electrons. The van der Waals surface area contributed by atoms with Gasteiger partial charge in [0.25, 0.3) is 5.56 Å². The Labute approximate surface area is 190 Å². The van der Waals surface area contributed by atoms with E-state index in [0.717, 1.165) is 15.6 Å². The number of nitrogens with zero attached hydrogens (tertiary/aromatic N) is 2. The van der Waals surface area contributed by atoms with Gasteiger partial charge in [0.2, 0.25) is 0 Å². The Balaban J connectivity index is 1.94. The van der Waals surface area contributed by atoms with Crippen molar-refractivity contribution in [3.8, 4) is 5.75 Å². The third-order valence-electron chi connectivity index (χ3n) is 4.89. The number of carbonyl (C=O) groups is 1. The number of rotatable bonds is 4. The third kappa shape index (κ3) is 4.13. The smallest absolute Gasteiger partial charge is 0.338 e. The standard InChI is InChI=1S/C23H19BrN2O4S/c1-3-30-22(29)19-13(2)25-23-26(20(19)15-6-8-16(24)9-7-15)21(28)18(31-23)12-14-4-10-17(27)11-5-14/h4-12,20,27H,3H2,1-2H3/b18-12+/t20-/m0/s1. The van der Waals surface area contributed by atoms with Crippen molar-refractivity contribution in [2.75, 3.05) is 6.61 Å². The van der Waals surface area contributed by atoms with Crippen molar-refractivity contribution >= 4 is 39.3 Å². The summed E-state index contributed by atoms with van der Waals surface area (Å²) in [7, 11) is 0. The second-order valence-electron chi connectivity index (χ2n) is 6.95. The van der Waals surface area contributed by atoms with E-state index in [1.165, 1.54) is 11.3 Å². The van der Waals surface area contributed by atoms with Gasteiger partial charge in [0, 0.05) is 4.47 Å². The molecule has 1 N–H and O–H groups in total. The van der Waals surface area contributed by atoms with Crippen LogP contribution in [-0.4, -0.2) is 22.2 Å². The van der Waals surface area contributed by atoms with Gasteiger partial charge in [0.1, 0.15) is 5.75 Å². The number of halogens is 1. The average molecular weight is 499 g/mol. The molecule has 1 aliphatic rings. The first-order valence-electron chi connectivity index (χ1n) is 9.63. The van der Waals surface area contributed by atoms with Crippen LogP contribution in [-0.2, 0) is 9.53 Å². The number of aromatic hydroxyl groups is 1. The van der Waals surface area contributed by atoms with Crippen LogP contribution in [0.3, 0.4) is 0 Å². The van der Waals surface area contributed by atoms with Gasteiger partial charge in [0.05, 0.1) is 28.5 Å². The van der Waals surface area contributed by atoms with E-state index in [0.29, 0.717) is 20.6 Å². The number of esters is 1. The van der Waals surface area contributed by atoms with E-state index in [2.05, 4.69) is 20.9 Å². The zero-order valence-corrected chi connectivity index (χ0v) is 19.2. The van der Waals surface area contributed by atoms with Crippen molar-refractivity contribution in [3.63, 3.8) is 0 Å². The van der Waals surface area contributed by atoms with Crippen LogP contribution in [0.25, 0.3) is 6.08 Å². The number of phenols is 1. The number of phenolic OH excluding ortho intramolecular Hbond substituents is 1. The van der Waals surface area contributed by atoms with Crippen molar-refractivity contribution in [1.29, 1.82) is 0 Å². The summed E-state index contributed by atoms with van der Waals surface area (Å²) >= 11 is 4.69.